The normalized spacial score (nSPS) is 11.9. The quantitative estimate of drug-likeness (QED) is 0.181. The zero-order valence-corrected chi connectivity index (χ0v) is 30.8. The first-order valence-corrected chi connectivity index (χ1v) is 19.7. The van der Waals surface area contributed by atoms with Gasteiger partial charge in [0.15, 0.2) is 11.6 Å². The molecule has 0 aliphatic heterocycles. The molecule has 12 rings (SSSR count). The molecule has 56 heavy (non-hydrogen) atoms. The third kappa shape index (κ3) is 4.75. The van der Waals surface area contributed by atoms with Crippen molar-refractivity contribution in [2.45, 2.75) is 0 Å². The Morgan fingerprint density at radius 1 is 0.357 bits per heavy atom. The van der Waals surface area contributed by atoms with Crippen molar-refractivity contribution in [1.82, 2.24) is 19.5 Å². The highest BCUT2D eigenvalue weighted by atomic mass is 32.1. The molecule has 9 aromatic carbocycles. The second-order valence-corrected chi connectivity index (χ2v) is 15.5. The summed E-state index contributed by atoms with van der Waals surface area (Å²) >= 11 is 1.86. The Kier molecular flexibility index (Phi) is 6.76. The van der Waals surface area contributed by atoms with E-state index >= 15 is 0 Å². The Morgan fingerprint density at radius 3 is 1.84 bits per heavy atom. The lowest BCUT2D eigenvalue weighted by atomic mass is 9.98. The number of fused-ring (bicyclic) bond motifs is 11. The first kappa shape index (κ1) is 31.2. The standard InChI is InChI=1S/C51H30N4S/c1-2-14-34(15-3-1)49-52-50(37-22-21-31-11-4-5-16-35(31)29-37)54-51(53-49)55-47-39-18-9-7-13-33(39)23-26-42(47)41-20-10-19-40(48(41)55)36-25-27-44-43(30-36)46-38-17-8-6-12-32(38)24-28-45(46)56-44/h1-30H. The van der Waals surface area contributed by atoms with Gasteiger partial charge in [0.1, 0.15) is 0 Å². The van der Waals surface area contributed by atoms with Crippen LogP contribution in [-0.2, 0) is 0 Å². The van der Waals surface area contributed by atoms with Crippen molar-refractivity contribution in [3.05, 3.63) is 182 Å². The number of hydrogen-bond donors (Lipinski definition) is 0. The Balaban J connectivity index is 1.20. The highest BCUT2D eigenvalue weighted by Crippen LogP contribution is 2.44. The summed E-state index contributed by atoms with van der Waals surface area (Å²) in [6.07, 6.45) is 0. The van der Waals surface area contributed by atoms with Crippen LogP contribution < -0.4 is 0 Å². The van der Waals surface area contributed by atoms with Crippen LogP contribution in [0.5, 0.6) is 0 Å². The number of nitrogens with zero attached hydrogens (tertiary/aromatic N) is 4. The zero-order chi connectivity index (χ0) is 36.7. The molecular formula is C51H30N4S. The predicted octanol–water partition coefficient (Wildman–Crippen LogP) is 13.8. The molecule has 0 amide bonds. The van der Waals surface area contributed by atoms with Gasteiger partial charge < -0.3 is 0 Å². The molecule has 0 fully saturated rings. The van der Waals surface area contributed by atoms with Crippen molar-refractivity contribution < 1.29 is 0 Å². The number of hydrogen-bond acceptors (Lipinski definition) is 4. The van der Waals surface area contributed by atoms with E-state index in [0.717, 1.165) is 60.2 Å². The highest BCUT2D eigenvalue weighted by Gasteiger charge is 2.22. The maximum absolute atomic E-state index is 5.38. The van der Waals surface area contributed by atoms with Gasteiger partial charge in [-0.1, -0.05) is 158 Å². The molecule has 0 aliphatic carbocycles. The van der Waals surface area contributed by atoms with Crippen molar-refractivity contribution >= 4 is 85.6 Å². The minimum Gasteiger partial charge on any atom is -0.277 e. The number of rotatable bonds is 4. The fourth-order valence-corrected chi connectivity index (χ4v) is 9.72. The van der Waals surface area contributed by atoms with Gasteiger partial charge >= 0.3 is 0 Å². The van der Waals surface area contributed by atoms with Gasteiger partial charge in [-0.25, -0.2) is 4.98 Å². The van der Waals surface area contributed by atoms with Crippen molar-refractivity contribution in [3.8, 4) is 39.9 Å². The molecule has 0 N–H and O–H groups in total. The maximum atomic E-state index is 5.38. The highest BCUT2D eigenvalue weighted by molar-refractivity contribution is 7.26. The van der Waals surface area contributed by atoms with Crippen molar-refractivity contribution in [2.24, 2.45) is 0 Å². The first-order valence-electron chi connectivity index (χ1n) is 18.9. The summed E-state index contributed by atoms with van der Waals surface area (Å²) < 4.78 is 4.88. The predicted molar refractivity (Wildman–Crippen MR) is 236 cm³/mol. The first-order chi connectivity index (χ1) is 27.7. The summed E-state index contributed by atoms with van der Waals surface area (Å²) in [4.78, 5) is 15.9. The van der Waals surface area contributed by atoms with E-state index in [-0.39, 0.29) is 0 Å². The average Bonchev–Trinajstić information content (AvgIpc) is 3.82. The molecule has 0 saturated heterocycles. The lowest BCUT2D eigenvalue weighted by molar-refractivity contribution is 0.955. The van der Waals surface area contributed by atoms with Crippen LogP contribution in [0.4, 0.5) is 0 Å². The van der Waals surface area contributed by atoms with Crippen LogP contribution in [0.2, 0.25) is 0 Å². The third-order valence-electron chi connectivity index (χ3n) is 11.2. The van der Waals surface area contributed by atoms with E-state index in [4.69, 9.17) is 15.0 Å². The van der Waals surface area contributed by atoms with E-state index in [1.54, 1.807) is 0 Å². The van der Waals surface area contributed by atoms with E-state index < -0.39 is 0 Å². The molecule has 0 aliphatic rings. The van der Waals surface area contributed by atoms with Crippen LogP contribution in [0.3, 0.4) is 0 Å². The zero-order valence-electron chi connectivity index (χ0n) is 30.0. The van der Waals surface area contributed by atoms with Gasteiger partial charge in [-0.2, -0.15) is 9.97 Å². The van der Waals surface area contributed by atoms with Crippen LogP contribution in [0.25, 0.3) is 114 Å². The van der Waals surface area contributed by atoms with E-state index in [1.165, 1.54) is 36.3 Å². The molecule has 260 valence electrons. The summed E-state index contributed by atoms with van der Waals surface area (Å²) in [6.45, 7) is 0. The molecule has 0 unspecified atom stereocenters. The van der Waals surface area contributed by atoms with Crippen LogP contribution in [-0.4, -0.2) is 19.5 Å². The maximum Gasteiger partial charge on any atom is 0.238 e. The average molecular weight is 731 g/mol. The van der Waals surface area contributed by atoms with Gasteiger partial charge in [0.2, 0.25) is 5.95 Å². The lowest BCUT2D eigenvalue weighted by Crippen LogP contribution is -2.07. The fourth-order valence-electron chi connectivity index (χ4n) is 8.61. The summed E-state index contributed by atoms with van der Waals surface area (Å²) in [5.74, 6) is 1.84. The Labute approximate surface area is 325 Å². The molecule has 4 nitrogen and oxygen atoms in total. The monoisotopic (exact) mass is 730 g/mol. The molecule has 0 saturated carbocycles. The van der Waals surface area contributed by atoms with Crippen LogP contribution >= 0.6 is 11.3 Å². The van der Waals surface area contributed by atoms with Crippen molar-refractivity contribution in [1.29, 1.82) is 0 Å². The van der Waals surface area contributed by atoms with E-state index in [0.29, 0.717) is 17.6 Å². The minimum atomic E-state index is 0.582. The van der Waals surface area contributed by atoms with E-state index in [9.17, 15) is 0 Å². The van der Waals surface area contributed by atoms with Crippen molar-refractivity contribution in [2.75, 3.05) is 0 Å². The summed E-state index contributed by atoms with van der Waals surface area (Å²) in [7, 11) is 0. The minimum absolute atomic E-state index is 0.582. The third-order valence-corrected chi connectivity index (χ3v) is 12.3. The van der Waals surface area contributed by atoms with Crippen LogP contribution in [0.1, 0.15) is 0 Å². The van der Waals surface area contributed by atoms with Gasteiger partial charge in [0, 0.05) is 53.0 Å². The molecule has 0 atom stereocenters. The lowest BCUT2D eigenvalue weighted by Gasteiger charge is -2.14. The van der Waals surface area contributed by atoms with Gasteiger partial charge in [0.25, 0.3) is 0 Å². The topological polar surface area (TPSA) is 43.6 Å². The second-order valence-electron chi connectivity index (χ2n) is 14.4. The van der Waals surface area contributed by atoms with Gasteiger partial charge in [0.05, 0.1) is 11.0 Å². The molecule has 0 radical (unpaired) electrons. The molecular weight excluding hydrogens is 701 g/mol. The number of thiophene rings is 1. The largest absolute Gasteiger partial charge is 0.277 e. The molecule has 5 heteroatoms. The van der Waals surface area contributed by atoms with Gasteiger partial charge in [-0.05, 0) is 56.8 Å². The van der Waals surface area contributed by atoms with Gasteiger partial charge in [-0.15, -0.1) is 11.3 Å². The Hall–Kier alpha value is -7.21. The van der Waals surface area contributed by atoms with E-state index in [1.807, 2.05) is 29.5 Å². The van der Waals surface area contributed by atoms with Gasteiger partial charge in [-0.3, -0.25) is 4.57 Å². The van der Waals surface area contributed by atoms with Crippen LogP contribution in [0.15, 0.2) is 182 Å². The number of aromatic nitrogens is 4. The molecule has 3 heterocycles. The summed E-state index contributed by atoms with van der Waals surface area (Å²) in [5.41, 5.74) is 6.29. The summed E-state index contributed by atoms with van der Waals surface area (Å²) in [5, 5.41) is 12.1. The Morgan fingerprint density at radius 2 is 0.982 bits per heavy atom. The molecule has 12 aromatic rings. The SMILES string of the molecule is c1ccc(-c2nc(-c3ccc4ccccc4c3)nc(-n3c4c(-c5ccc6sc7ccc8ccccc8c7c6c5)cccc4c4ccc5ccccc5c43)n2)cc1. The van der Waals surface area contributed by atoms with Crippen LogP contribution in [0, 0.1) is 0 Å². The molecule has 3 aromatic heterocycles. The number of benzene rings is 9. The smallest absolute Gasteiger partial charge is 0.238 e. The number of para-hydroxylation sites is 1. The molecule has 0 spiro atoms. The second kappa shape index (κ2) is 12.2. The van der Waals surface area contributed by atoms with E-state index in [2.05, 4.69) is 168 Å². The Bertz CT molecular complexity index is 3540. The fraction of sp³-hybridized carbons (Fsp3) is 0. The molecule has 0 bridgehead atoms. The summed E-state index contributed by atoms with van der Waals surface area (Å²) in [6, 6.07) is 65.0. The van der Waals surface area contributed by atoms with Crippen molar-refractivity contribution in [3.63, 3.8) is 0 Å².